The number of aromatic nitrogens is 3. The molecule has 108 valence electrons. The van der Waals surface area contributed by atoms with Gasteiger partial charge in [0.05, 0.1) is 5.02 Å². The van der Waals surface area contributed by atoms with Crippen molar-refractivity contribution in [3.05, 3.63) is 45.5 Å². The van der Waals surface area contributed by atoms with Gasteiger partial charge in [-0.05, 0) is 18.2 Å². The SMILES string of the molecule is Cc1nn(CC(=O)c2ccc(Cl)cc2Cl)c(C)[n+]1N.[Br-]. The predicted octanol–water partition coefficient (Wildman–Crippen LogP) is -1.31. The Kier molecular flexibility index (Phi) is 5.56. The van der Waals surface area contributed by atoms with E-state index in [9.17, 15) is 4.79 Å². The lowest BCUT2D eigenvalue weighted by molar-refractivity contribution is -0.652. The maximum Gasteiger partial charge on any atom is 0.295 e. The Morgan fingerprint density at radius 2 is 2.05 bits per heavy atom. The molecule has 0 aliphatic carbocycles. The first-order chi connectivity index (χ1) is 8.90. The highest BCUT2D eigenvalue weighted by Crippen LogP contribution is 2.21. The largest absolute Gasteiger partial charge is 1.00 e. The van der Waals surface area contributed by atoms with Crippen molar-refractivity contribution in [2.45, 2.75) is 20.4 Å². The third-order valence-electron chi connectivity index (χ3n) is 2.86. The lowest BCUT2D eigenvalue weighted by atomic mass is 10.1. The van der Waals surface area contributed by atoms with Gasteiger partial charge >= 0.3 is 0 Å². The molecular formula is C12H13BrCl2N4O. The van der Waals surface area contributed by atoms with E-state index in [1.54, 1.807) is 36.7 Å². The van der Waals surface area contributed by atoms with Gasteiger partial charge < -0.3 is 17.0 Å². The summed E-state index contributed by atoms with van der Waals surface area (Å²) in [6.45, 7) is 3.64. The zero-order valence-electron chi connectivity index (χ0n) is 10.9. The van der Waals surface area contributed by atoms with Gasteiger partial charge in [0.2, 0.25) is 5.78 Å². The van der Waals surface area contributed by atoms with Crippen molar-refractivity contribution in [3.63, 3.8) is 0 Å². The summed E-state index contributed by atoms with van der Waals surface area (Å²) in [6.07, 6.45) is 0. The second-order valence-electron chi connectivity index (χ2n) is 4.17. The second kappa shape index (κ2) is 6.56. The summed E-state index contributed by atoms with van der Waals surface area (Å²) in [5.74, 6) is 6.92. The molecular weight excluding hydrogens is 367 g/mol. The molecule has 0 bridgehead atoms. The van der Waals surface area contributed by atoms with Crippen LogP contribution in [0.3, 0.4) is 0 Å². The topological polar surface area (TPSA) is 64.8 Å². The molecule has 2 aromatic rings. The minimum atomic E-state index is -0.145. The van der Waals surface area contributed by atoms with Crippen LogP contribution in [0.25, 0.3) is 0 Å². The number of hydrogen-bond donors (Lipinski definition) is 1. The van der Waals surface area contributed by atoms with Crippen LogP contribution in [0.15, 0.2) is 18.2 Å². The highest BCUT2D eigenvalue weighted by Gasteiger charge is 2.21. The van der Waals surface area contributed by atoms with E-state index in [1.165, 1.54) is 4.68 Å². The lowest BCUT2D eigenvalue weighted by Crippen LogP contribution is -3.00. The quantitative estimate of drug-likeness (QED) is 0.409. The summed E-state index contributed by atoms with van der Waals surface area (Å²) in [5, 5.41) is 5.01. The minimum absolute atomic E-state index is 0. The van der Waals surface area contributed by atoms with Gasteiger partial charge in [-0.25, -0.2) is 0 Å². The molecule has 1 aromatic carbocycles. The van der Waals surface area contributed by atoms with Crippen LogP contribution in [0.2, 0.25) is 10.0 Å². The van der Waals surface area contributed by atoms with Crippen molar-refractivity contribution in [1.82, 2.24) is 9.78 Å². The highest BCUT2D eigenvalue weighted by atomic mass is 79.9. The number of nitrogens with zero attached hydrogens (tertiary/aromatic N) is 3. The van der Waals surface area contributed by atoms with Gasteiger partial charge in [0, 0.05) is 29.5 Å². The van der Waals surface area contributed by atoms with Crippen LogP contribution < -0.4 is 27.5 Å². The van der Waals surface area contributed by atoms with Gasteiger partial charge in [-0.1, -0.05) is 23.2 Å². The molecule has 0 aliphatic heterocycles. The van der Waals surface area contributed by atoms with E-state index in [4.69, 9.17) is 29.0 Å². The van der Waals surface area contributed by atoms with Gasteiger partial charge in [-0.2, -0.15) is 0 Å². The maximum absolute atomic E-state index is 12.2. The Morgan fingerprint density at radius 3 is 2.55 bits per heavy atom. The molecule has 0 spiro atoms. The fourth-order valence-electron chi connectivity index (χ4n) is 1.74. The molecule has 0 unspecified atom stereocenters. The van der Waals surface area contributed by atoms with Crippen LogP contribution in [0.4, 0.5) is 0 Å². The summed E-state index contributed by atoms with van der Waals surface area (Å²) in [6, 6.07) is 4.78. The number of halogens is 3. The van der Waals surface area contributed by atoms with E-state index in [1.807, 2.05) is 0 Å². The molecule has 0 amide bonds. The fraction of sp³-hybridized carbons (Fsp3) is 0.250. The number of carbonyl (C=O) groups excluding carboxylic acids is 1. The maximum atomic E-state index is 12.2. The second-order valence-corrected chi connectivity index (χ2v) is 5.01. The zero-order valence-corrected chi connectivity index (χ0v) is 14.0. The molecule has 0 atom stereocenters. The van der Waals surface area contributed by atoms with E-state index >= 15 is 0 Å². The molecule has 0 saturated carbocycles. The van der Waals surface area contributed by atoms with Crippen LogP contribution in [-0.4, -0.2) is 15.6 Å². The average Bonchev–Trinajstić information content (AvgIpc) is 2.57. The van der Waals surface area contributed by atoms with Gasteiger partial charge in [-0.15, -0.1) is 9.36 Å². The molecule has 5 nitrogen and oxygen atoms in total. The van der Waals surface area contributed by atoms with E-state index in [-0.39, 0.29) is 29.3 Å². The molecule has 0 radical (unpaired) electrons. The Bertz CT molecular complexity index is 657. The van der Waals surface area contributed by atoms with Crippen molar-refractivity contribution in [2.24, 2.45) is 0 Å². The number of benzene rings is 1. The Hall–Kier alpha value is -1.11. The summed E-state index contributed by atoms with van der Waals surface area (Å²) >= 11 is 11.8. The van der Waals surface area contributed by atoms with Crippen molar-refractivity contribution in [3.8, 4) is 0 Å². The van der Waals surface area contributed by atoms with E-state index < -0.39 is 0 Å². The first-order valence-electron chi connectivity index (χ1n) is 5.59. The zero-order chi connectivity index (χ0) is 14.2. The summed E-state index contributed by atoms with van der Waals surface area (Å²) in [4.78, 5) is 12.2. The molecule has 0 aliphatic rings. The van der Waals surface area contributed by atoms with E-state index in [0.29, 0.717) is 27.3 Å². The van der Waals surface area contributed by atoms with Gasteiger partial charge in [-0.3, -0.25) is 10.6 Å². The molecule has 20 heavy (non-hydrogen) atoms. The van der Waals surface area contributed by atoms with Crippen LogP contribution in [0, 0.1) is 13.8 Å². The molecule has 0 saturated heterocycles. The number of nitrogens with two attached hydrogens (primary N) is 1. The number of ketones is 1. The molecule has 2 N–H and O–H groups in total. The average molecular weight is 380 g/mol. The monoisotopic (exact) mass is 378 g/mol. The molecule has 1 aromatic heterocycles. The summed E-state index contributed by atoms with van der Waals surface area (Å²) < 4.78 is 2.97. The number of nitrogen functional groups attached to an aromatic ring is 1. The number of hydrogen-bond acceptors (Lipinski definition) is 3. The van der Waals surface area contributed by atoms with Crippen molar-refractivity contribution >= 4 is 29.0 Å². The lowest BCUT2D eigenvalue weighted by Gasteiger charge is -2.02. The van der Waals surface area contributed by atoms with Gasteiger partial charge in [0.15, 0.2) is 6.54 Å². The van der Waals surface area contributed by atoms with Crippen LogP contribution >= 0.6 is 23.2 Å². The van der Waals surface area contributed by atoms with Crippen molar-refractivity contribution in [1.29, 1.82) is 0 Å². The minimum Gasteiger partial charge on any atom is -1.00 e. The van der Waals surface area contributed by atoms with Crippen molar-refractivity contribution < 1.29 is 26.5 Å². The number of aryl methyl sites for hydroxylation is 1. The Labute approximate surface area is 137 Å². The fourth-order valence-corrected chi connectivity index (χ4v) is 2.25. The number of rotatable bonds is 3. The molecule has 2 rings (SSSR count). The highest BCUT2D eigenvalue weighted by molar-refractivity contribution is 6.36. The molecule has 8 heteroatoms. The van der Waals surface area contributed by atoms with E-state index in [0.717, 1.165) is 0 Å². The summed E-state index contributed by atoms with van der Waals surface area (Å²) in [5.41, 5.74) is 0.419. The molecule has 1 heterocycles. The summed E-state index contributed by atoms with van der Waals surface area (Å²) in [7, 11) is 0. The first kappa shape index (κ1) is 16.9. The standard InChI is InChI=1S/C12H13Cl2N4O.BrH/c1-7-16-17(8(2)18(7)15)6-12(19)10-4-3-9(13)5-11(10)14;/h3-5H,6,15H2,1-2H3;1H/q+1;/p-1. The normalized spacial score (nSPS) is 10.2. The smallest absolute Gasteiger partial charge is 0.295 e. The third-order valence-corrected chi connectivity index (χ3v) is 3.41. The van der Waals surface area contributed by atoms with Crippen molar-refractivity contribution in [2.75, 3.05) is 5.84 Å². The molecule has 0 fully saturated rings. The van der Waals surface area contributed by atoms with E-state index in [2.05, 4.69) is 5.10 Å². The first-order valence-corrected chi connectivity index (χ1v) is 6.35. The predicted molar refractivity (Wildman–Crippen MR) is 72.8 cm³/mol. The number of Topliss-reactive ketones (excluding diaryl/α,β-unsaturated/α-hetero) is 1. The van der Waals surface area contributed by atoms with Gasteiger partial charge in [0.1, 0.15) is 0 Å². The van der Waals surface area contributed by atoms with Gasteiger partial charge in [0.25, 0.3) is 11.6 Å². The van der Waals surface area contributed by atoms with Crippen LogP contribution in [0.5, 0.6) is 0 Å². The Morgan fingerprint density at radius 1 is 1.40 bits per heavy atom. The Balaban J connectivity index is 0.00000200. The van der Waals surface area contributed by atoms with Crippen LogP contribution in [0.1, 0.15) is 22.0 Å². The van der Waals surface area contributed by atoms with Crippen LogP contribution in [-0.2, 0) is 6.54 Å². The number of carbonyl (C=O) groups is 1. The third kappa shape index (κ3) is 3.31.